The highest BCUT2D eigenvalue weighted by Crippen LogP contribution is 2.27. The van der Waals surface area contributed by atoms with Gasteiger partial charge in [0.05, 0.1) is 12.0 Å². The monoisotopic (exact) mass is 423 g/mol. The summed E-state index contributed by atoms with van der Waals surface area (Å²) >= 11 is 0. The SMILES string of the molecule is CCN1CCN(C(=O)CCc2cc(S(=O)(=O)N3CCCCC3)ccc2OC)CC1. The maximum absolute atomic E-state index is 13.0. The second-order valence-electron chi connectivity index (χ2n) is 7.75. The molecule has 0 atom stereocenters. The van der Waals surface area contributed by atoms with Crippen LogP contribution in [0.5, 0.6) is 5.75 Å². The molecular formula is C21H33N3O4S. The van der Waals surface area contributed by atoms with Gasteiger partial charge in [0.15, 0.2) is 0 Å². The summed E-state index contributed by atoms with van der Waals surface area (Å²) in [6.07, 6.45) is 3.72. The molecule has 0 unspecified atom stereocenters. The molecule has 2 aliphatic heterocycles. The van der Waals surface area contributed by atoms with E-state index in [2.05, 4.69) is 11.8 Å². The minimum absolute atomic E-state index is 0.118. The molecular weight excluding hydrogens is 390 g/mol. The van der Waals surface area contributed by atoms with Crippen molar-refractivity contribution in [1.29, 1.82) is 0 Å². The minimum Gasteiger partial charge on any atom is -0.496 e. The summed E-state index contributed by atoms with van der Waals surface area (Å²) in [6, 6.07) is 5.00. The number of likely N-dealkylation sites (N-methyl/N-ethyl adjacent to an activating group) is 1. The fraction of sp³-hybridized carbons (Fsp3) is 0.667. The molecule has 0 bridgehead atoms. The van der Waals surface area contributed by atoms with Gasteiger partial charge in [-0.15, -0.1) is 0 Å². The topological polar surface area (TPSA) is 70.2 Å². The van der Waals surface area contributed by atoms with Crippen LogP contribution in [-0.4, -0.2) is 81.4 Å². The zero-order valence-corrected chi connectivity index (χ0v) is 18.4. The molecule has 2 aliphatic rings. The van der Waals surface area contributed by atoms with Gasteiger partial charge in [-0.2, -0.15) is 4.31 Å². The lowest BCUT2D eigenvalue weighted by atomic mass is 10.1. The first-order chi connectivity index (χ1) is 14.0. The van der Waals surface area contributed by atoms with Crippen molar-refractivity contribution in [3.8, 4) is 5.75 Å². The first-order valence-electron chi connectivity index (χ1n) is 10.6. The fourth-order valence-corrected chi connectivity index (χ4v) is 5.65. The summed E-state index contributed by atoms with van der Waals surface area (Å²) in [5.74, 6) is 0.748. The number of carbonyl (C=O) groups is 1. The Balaban J connectivity index is 1.68. The molecule has 2 fully saturated rings. The van der Waals surface area contributed by atoms with E-state index in [1.54, 1.807) is 29.6 Å². The summed E-state index contributed by atoms with van der Waals surface area (Å²) in [6.45, 7) is 7.63. The summed E-state index contributed by atoms with van der Waals surface area (Å²) in [7, 11) is -1.93. The van der Waals surface area contributed by atoms with Crippen molar-refractivity contribution < 1.29 is 17.9 Å². The number of hydrogen-bond acceptors (Lipinski definition) is 5. The Hall–Kier alpha value is -1.64. The molecule has 2 heterocycles. The third-order valence-corrected chi connectivity index (χ3v) is 7.88. The zero-order valence-electron chi connectivity index (χ0n) is 17.6. The van der Waals surface area contributed by atoms with Gasteiger partial charge in [-0.25, -0.2) is 8.42 Å². The lowest BCUT2D eigenvalue weighted by molar-refractivity contribution is -0.132. The molecule has 29 heavy (non-hydrogen) atoms. The molecule has 7 nitrogen and oxygen atoms in total. The number of carbonyl (C=O) groups excluding carboxylic acids is 1. The van der Waals surface area contributed by atoms with E-state index >= 15 is 0 Å². The molecule has 2 saturated heterocycles. The van der Waals surface area contributed by atoms with Crippen molar-refractivity contribution in [2.75, 3.05) is 52.9 Å². The minimum atomic E-state index is -3.50. The number of ether oxygens (including phenoxy) is 1. The smallest absolute Gasteiger partial charge is 0.243 e. The van der Waals surface area contributed by atoms with Crippen LogP contribution in [0.15, 0.2) is 23.1 Å². The number of piperazine rings is 1. The molecule has 1 aromatic carbocycles. The summed E-state index contributed by atoms with van der Waals surface area (Å²) in [5.41, 5.74) is 0.770. The van der Waals surface area contributed by atoms with Gasteiger partial charge in [0.2, 0.25) is 15.9 Å². The van der Waals surface area contributed by atoms with Crippen molar-refractivity contribution >= 4 is 15.9 Å². The maximum atomic E-state index is 13.0. The van der Waals surface area contributed by atoms with Crippen molar-refractivity contribution in [1.82, 2.24) is 14.1 Å². The lowest BCUT2D eigenvalue weighted by Crippen LogP contribution is -2.48. The molecule has 0 radical (unpaired) electrons. The number of sulfonamides is 1. The highest BCUT2D eigenvalue weighted by Gasteiger charge is 2.27. The van der Waals surface area contributed by atoms with Crippen LogP contribution in [0.1, 0.15) is 38.2 Å². The van der Waals surface area contributed by atoms with Crippen molar-refractivity contribution in [2.45, 2.75) is 43.9 Å². The van der Waals surface area contributed by atoms with E-state index in [-0.39, 0.29) is 5.91 Å². The largest absolute Gasteiger partial charge is 0.496 e. The van der Waals surface area contributed by atoms with Crippen LogP contribution in [0.2, 0.25) is 0 Å². The van der Waals surface area contributed by atoms with Gasteiger partial charge in [0, 0.05) is 45.7 Å². The molecule has 0 aromatic heterocycles. The summed E-state index contributed by atoms with van der Waals surface area (Å²) in [5, 5.41) is 0. The highest BCUT2D eigenvalue weighted by atomic mass is 32.2. The number of benzene rings is 1. The van der Waals surface area contributed by atoms with E-state index in [0.29, 0.717) is 36.6 Å². The van der Waals surface area contributed by atoms with Crippen LogP contribution in [0.3, 0.4) is 0 Å². The summed E-state index contributed by atoms with van der Waals surface area (Å²) in [4.78, 5) is 17.2. The Bertz CT molecular complexity index is 798. The number of nitrogens with zero attached hydrogens (tertiary/aromatic N) is 3. The molecule has 1 aromatic rings. The number of rotatable bonds is 7. The van der Waals surface area contributed by atoms with E-state index in [1.807, 2.05) is 4.90 Å². The lowest BCUT2D eigenvalue weighted by Gasteiger charge is -2.34. The van der Waals surface area contributed by atoms with Gasteiger partial charge in [0.25, 0.3) is 0 Å². The van der Waals surface area contributed by atoms with Crippen LogP contribution in [0, 0.1) is 0 Å². The van der Waals surface area contributed by atoms with Crippen LogP contribution >= 0.6 is 0 Å². The van der Waals surface area contributed by atoms with Gasteiger partial charge in [-0.1, -0.05) is 13.3 Å². The van der Waals surface area contributed by atoms with E-state index in [0.717, 1.165) is 57.5 Å². The molecule has 3 rings (SSSR count). The Morgan fingerprint density at radius 1 is 1.03 bits per heavy atom. The van der Waals surface area contributed by atoms with E-state index in [4.69, 9.17) is 4.74 Å². The van der Waals surface area contributed by atoms with Gasteiger partial charge in [0.1, 0.15) is 5.75 Å². The first kappa shape index (κ1) is 22.1. The quantitative estimate of drug-likeness (QED) is 0.671. The van der Waals surface area contributed by atoms with Crippen LogP contribution < -0.4 is 4.74 Å². The van der Waals surface area contributed by atoms with Gasteiger partial charge < -0.3 is 14.5 Å². The van der Waals surface area contributed by atoms with Crippen molar-refractivity contribution in [3.05, 3.63) is 23.8 Å². The molecule has 162 valence electrons. The molecule has 8 heteroatoms. The van der Waals surface area contributed by atoms with Crippen LogP contribution in [-0.2, 0) is 21.2 Å². The highest BCUT2D eigenvalue weighted by molar-refractivity contribution is 7.89. The summed E-state index contributed by atoms with van der Waals surface area (Å²) < 4.78 is 33.0. The molecule has 0 N–H and O–H groups in total. The number of piperidine rings is 1. The number of methoxy groups -OCH3 is 1. The zero-order chi connectivity index (χ0) is 20.9. The second kappa shape index (κ2) is 9.91. The average molecular weight is 424 g/mol. The van der Waals surface area contributed by atoms with Crippen LogP contribution in [0.4, 0.5) is 0 Å². The molecule has 1 amide bonds. The van der Waals surface area contributed by atoms with E-state index < -0.39 is 10.0 Å². The van der Waals surface area contributed by atoms with Gasteiger partial charge >= 0.3 is 0 Å². The molecule has 0 saturated carbocycles. The molecule has 0 spiro atoms. The second-order valence-corrected chi connectivity index (χ2v) is 9.69. The number of aryl methyl sites for hydroxylation is 1. The Morgan fingerprint density at radius 3 is 2.34 bits per heavy atom. The van der Waals surface area contributed by atoms with E-state index in [9.17, 15) is 13.2 Å². The predicted octanol–water partition coefficient (Wildman–Crippen LogP) is 1.97. The van der Waals surface area contributed by atoms with Crippen molar-refractivity contribution in [2.24, 2.45) is 0 Å². The average Bonchev–Trinajstić information content (AvgIpc) is 2.77. The number of hydrogen-bond donors (Lipinski definition) is 0. The Morgan fingerprint density at radius 2 is 1.72 bits per heavy atom. The van der Waals surface area contributed by atoms with Crippen molar-refractivity contribution in [3.63, 3.8) is 0 Å². The maximum Gasteiger partial charge on any atom is 0.243 e. The fourth-order valence-electron chi connectivity index (χ4n) is 4.08. The standard InChI is InChI=1S/C21H33N3O4S/c1-3-22-13-15-23(16-14-22)21(25)10-7-18-17-19(8-9-20(18)28-2)29(26,27)24-11-5-4-6-12-24/h8-9,17H,3-7,10-16H2,1-2H3. The third-order valence-electron chi connectivity index (χ3n) is 5.99. The Labute approximate surface area is 174 Å². The van der Waals surface area contributed by atoms with Gasteiger partial charge in [-0.05, 0) is 49.6 Å². The van der Waals surface area contributed by atoms with Crippen LogP contribution in [0.25, 0.3) is 0 Å². The van der Waals surface area contributed by atoms with E-state index in [1.165, 1.54) is 0 Å². The predicted molar refractivity (Wildman–Crippen MR) is 113 cm³/mol. The Kier molecular flexibility index (Phi) is 7.54. The molecule has 0 aliphatic carbocycles. The first-order valence-corrected chi connectivity index (χ1v) is 12.1. The number of amides is 1. The van der Waals surface area contributed by atoms with Gasteiger partial charge in [-0.3, -0.25) is 4.79 Å². The normalized spacial score (nSPS) is 19.3. The third kappa shape index (κ3) is 5.29.